The van der Waals surface area contributed by atoms with E-state index in [0.29, 0.717) is 19.3 Å². The molecule has 0 aromatic heterocycles. The van der Waals surface area contributed by atoms with Crippen LogP contribution in [0.15, 0.2) is 24.3 Å². The lowest BCUT2D eigenvalue weighted by molar-refractivity contribution is -0.240. The number of hydrogen-bond acceptors (Lipinski definition) is 4. The van der Waals surface area contributed by atoms with Gasteiger partial charge < -0.3 is 18.9 Å². The second-order valence-corrected chi connectivity index (χ2v) is 6.05. The van der Waals surface area contributed by atoms with Gasteiger partial charge in [-0.15, -0.1) is 0 Å². The molecule has 4 nitrogen and oxygen atoms in total. The second-order valence-electron chi connectivity index (χ2n) is 6.05. The van der Waals surface area contributed by atoms with Crippen LogP contribution in [0, 0.1) is 0 Å². The summed E-state index contributed by atoms with van der Waals surface area (Å²) in [7, 11) is 1.70. The van der Waals surface area contributed by atoms with E-state index in [2.05, 4.69) is 6.07 Å². The highest BCUT2D eigenvalue weighted by molar-refractivity contribution is 5.35. The van der Waals surface area contributed by atoms with Gasteiger partial charge in [0.2, 0.25) is 0 Å². The lowest BCUT2D eigenvalue weighted by atomic mass is 9.98. The Labute approximate surface area is 132 Å². The van der Waals surface area contributed by atoms with Gasteiger partial charge in [-0.2, -0.15) is 0 Å². The molecule has 1 aliphatic heterocycles. The van der Waals surface area contributed by atoms with Crippen LogP contribution in [0.3, 0.4) is 0 Å². The van der Waals surface area contributed by atoms with Crippen molar-refractivity contribution >= 4 is 0 Å². The Morgan fingerprint density at radius 1 is 1.09 bits per heavy atom. The van der Waals surface area contributed by atoms with Gasteiger partial charge in [-0.1, -0.05) is 37.5 Å². The molecular formula is C18H26O4. The minimum absolute atomic E-state index is 0.0184. The Kier molecular flexibility index (Phi) is 5.70. The fourth-order valence-electron chi connectivity index (χ4n) is 3.29. The van der Waals surface area contributed by atoms with Gasteiger partial charge in [0, 0.05) is 12.0 Å². The normalized spacial score (nSPS) is 26.8. The molecule has 1 saturated heterocycles. The number of hydrogen-bond donors (Lipinski definition) is 0. The van der Waals surface area contributed by atoms with Crippen molar-refractivity contribution in [2.75, 3.05) is 20.3 Å². The van der Waals surface area contributed by atoms with Gasteiger partial charge in [0.25, 0.3) is 0 Å². The highest BCUT2D eigenvalue weighted by Gasteiger charge is 2.27. The first-order valence-corrected chi connectivity index (χ1v) is 8.38. The van der Waals surface area contributed by atoms with E-state index in [4.69, 9.17) is 18.9 Å². The molecule has 1 aromatic carbocycles. The number of methoxy groups -OCH3 is 1. The second kappa shape index (κ2) is 7.95. The molecule has 2 aliphatic rings. The molecule has 0 spiro atoms. The van der Waals surface area contributed by atoms with Gasteiger partial charge in [0.05, 0.1) is 32.5 Å². The van der Waals surface area contributed by atoms with Crippen LogP contribution in [0.5, 0.6) is 5.75 Å². The van der Waals surface area contributed by atoms with Crippen molar-refractivity contribution in [3.8, 4) is 5.75 Å². The molecule has 0 N–H and O–H groups in total. The summed E-state index contributed by atoms with van der Waals surface area (Å²) in [6.07, 6.45) is 7.21. The fraction of sp³-hybridized carbons (Fsp3) is 0.667. The van der Waals surface area contributed by atoms with E-state index in [9.17, 15) is 0 Å². The Bertz CT molecular complexity index is 456. The Hall–Kier alpha value is -1.10. The van der Waals surface area contributed by atoms with Crippen molar-refractivity contribution < 1.29 is 18.9 Å². The molecule has 122 valence electrons. The largest absolute Gasteiger partial charge is 0.496 e. The van der Waals surface area contributed by atoms with Gasteiger partial charge in [0.15, 0.2) is 6.29 Å². The van der Waals surface area contributed by atoms with Crippen LogP contribution in [0.4, 0.5) is 0 Å². The van der Waals surface area contributed by atoms with Crippen LogP contribution < -0.4 is 4.74 Å². The predicted molar refractivity (Wildman–Crippen MR) is 84.0 cm³/mol. The molecule has 1 saturated carbocycles. The first-order chi connectivity index (χ1) is 10.9. The van der Waals surface area contributed by atoms with Gasteiger partial charge in [0.1, 0.15) is 5.75 Å². The van der Waals surface area contributed by atoms with Crippen molar-refractivity contribution in [2.45, 2.75) is 57.0 Å². The van der Waals surface area contributed by atoms with Crippen LogP contribution in [0.2, 0.25) is 0 Å². The van der Waals surface area contributed by atoms with E-state index in [1.165, 1.54) is 32.1 Å². The van der Waals surface area contributed by atoms with Crippen molar-refractivity contribution in [1.82, 2.24) is 0 Å². The van der Waals surface area contributed by atoms with Crippen LogP contribution >= 0.6 is 0 Å². The monoisotopic (exact) mass is 306 g/mol. The highest BCUT2D eigenvalue weighted by atomic mass is 16.7. The third-order valence-corrected chi connectivity index (χ3v) is 4.51. The van der Waals surface area contributed by atoms with E-state index in [0.717, 1.165) is 17.7 Å². The maximum atomic E-state index is 6.08. The van der Waals surface area contributed by atoms with Crippen LogP contribution in [0.25, 0.3) is 0 Å². The summed E-state index contributed by atoms with van der Waals surface area (Å²) in [5.74, 6) is 0.876. The Morgan fingerprint density at radius 3 is 2.73 bits per heavy atom. The zero-order chi connectivity index (χ0) is 15.2. The molecule has 0 bridgehead atoms. The zero-order valence-electron chi connectivity index (χ0n) is 13.3. The Balaban J connectivity index is 1.54. The molecule has 1 aromatic rings. The summed E-state index contributed by atoms with van der Waals surface area (Å²) in [5, 5.41) is 0. The van der Waals surface area contributed by atoms with E-state index >= 15 is 0 Å². The van der Waals surface area contributed by atoms with Gasteiger partial charge in [-0.05, 0) is 18.9 Å². The SMILES string of the molecule is COc1ccccc1C1CCOC(COC2CCCCC2)O1. The lowest BCUT2D eigenvalue weighted by Gasteiger charge is -2.32. The number of para-hydroxylation sites is 1. The third-order valence-electron chi connectivity index (χ3n) is 4.51. The zero-order valence-corrected chi connectivity index (χ0v) is 13.3. The minimum Gasteiger partial charge on any atom is -0.496 e. The summed E-state index contributed by atoms with van der Waals surface area (Å²) in [6.45, 7) is 1.22. The maximum Gasteiger partial charge on any atom is 0.181 e. The summed E-state index contributed by atoms with van der Waals surface area (Å²) in [6, 6.07) is 8.03. The fourth-order valence-corrected chi connectivity index (χ4v) is 3.29. The third kappa shape index (κ3) is 4.00. The number of benzene rings is 1. The topological polar surface area (TPSA) is 36.9 Å². The van der Waals surface area contributed by atoms with Crippen molar-refractivity contribution in [3.05, 3.63) is 29.8 Å². The van der Waals surface area contributed by atoms with Gasteiger partial charge in [-0.25, -0.2) is 0 Å². The number of ether oxygens (including phenoxy) is 4. The standard InChI is InChI=1S/C18H26O4/c1-19-16-10-6-5-9-15(16)17-11-12-20-18(22-17)13-21-14-7-3-2-4-8-14/h5-6,9-10,14,17-18H,2-4,7-8,11-13H2,1H3. The molecule has 0 radical (unpaired) electrons. The molecule has 2 fully saturated rings. The molecule has 1 heterocycles. The smallest absolute Gasteiger partial charge is 0.181 e. The Morgan fingerprint density at radius 2 is 1.91 bits per heavy atom. The lowest BCUT2D eigenvalue weighted by Crippen LogP contribution is -2.33. The minimum atomic E-state index is -0.273. The van der Waals surface area contributed by atoms with Crippen molar-refractivity contribution in [2.24, 2.45) is 0 Å². The van der Waals surface area contributed by atoms with Gasteiger partial charge in [-0.3, -0.25) is 0 Å². The van der Waals surface area contributed by atoms with Crippen LogP contribution in [-0.4, -0.2) is 32.7 Å². The van der Waals surface area contributed by atoms with E-state index in [1.807, 2.05) is 18.2 Å². The van der Waals surface area contributed by atoms with Crippen molar-refractivity contribution in [3.63, 3.8) is 0 Å². The summed E-state index contributed by atoms with van der Waals surface area (Å²) in [5.41, 5.74) is 1.09. The average molecular weight is 306 g/mol. The molecule has 2 atom stereocenters. The van der Waals surface area contributed by atoms with E-state index in [1.54, 1.807) is 7.11 Å². The first kappa shape index (κ1) is 15.8. The molecule has 0 amide bonds. The molecule has 2 unspecified atom stereocenters. The van der Waals surface area contributed by atoms with Crippen LogP contribution in [0.1, 0.15) is 50.2 Å². The molecule has 3 rings (SSSR count). The molecule has 22 heavy (non-hydrogen) atoms. The van der Waals surface area contributed by atoms with E-state index < -0.39 is 0 Å². The van der Waals surface area contributed by atoms with Crippen molar-refractivity contribution in [1.29, 1.82) is 0 Å². The quantitative estimate of drug-likeness (QED) is 0.828. The summed E-state index contributed by atoms with van der Waals surface area (Å²) >= 11 is 0. The highest BCUT2D eigenvalue weighted by Crippen LogP contribution is 2.33. The predicted octanol–water partition coefficient (Wildman–Crippen LogP) is 3.85. The molecule has 1 aliphatic carbocycles. The van der Waals surface area contributed by atoms with Gasteiger partial charge >= 0.3 is 0 Å². The maximum absolute atomic E-state index is 6.08. The van der Waals surface area contributed by atoms with E-state index in [-0.39, 0.29) is 12.4 Å². The summed E-state index contributed by atoms with van der Waals surface area (Å²) in [4.78, 5) is 0. The van der Waals surface area contributed by atoms with Crippen LogP contribution in [-0.2, 0) is 14.2 Å². The first-order valence-electron chi connectivity index (χ1n) is 8.38. The molecule has 4 heteroatoms. The summed E-state index contributed by atoms with van der Waals surface area (Å²) < 4.78 is 23.2. The molecular weight excluding hydrogens is 280 g/mol. The average Bonchev–Trinajstić information content (AvgIpc) is 2.61. The number of rotatable bonds is 5.